The van der Waals surface area contributed by atoms with Gasteiger partial charge in [-0.05, 0) is 18.7 Å². The number of hydrogen-bond donors (Lipinski definition) is 0. The van der Waals surface area contributed by atoms with Crippen molar-refractivity contribution in [2.24, 2.45) is 0 Å². The van der Waals surface area contributed by atoms with Gasteiger partial charge in [0.15, 0.2) is 0 Å². The SMILES string of the molecule is CCN1CCN(n2cnc3cc(F)ccc32)CC1. The van der Waals surface area contributed by atoms with Crippen molar-refractivity contribution in [3.8, 4) is 0 Å². The van der Waals surface area contributed by atoms with Gasteiger partial charge in [0.25, 0.3) is 0 Å². The molecule has 96 valence electrons. The second-order valence-electron chi connectivity index (χ2n) is 4.61. The number of fused-ring (bicyclic) bond motifs is 1. The molecule has 2 heterocycles. The van der Waals surface area contributed by atoms with Crippen LogP contribution in [0.2, 0.25) is 0 Å². The van der Waals surface area contributed by atoms with E-state index in [1.54, 1.807) is 12.4 Å². The zero-order chi connectivity index (χ0) is 12.5. The number of piperazine rings is 1. The lowest BCUT2D eigenvalue weighted by Gasteiger charge is -2.35. The van der Waals surface area contributed by atoms with Gasteiger partial charge in [-0.1, -0.05) is 6.92 Å². The smallest absolute Gasteiger partial charge is 0.125 e. The topological polar surface area (TPSA) is 24.3 Å². The summed E-state index contributed by atoms with van der Waals surface area (Å²) in [7, 11) is 0. The molecule has 1 saturated heterocycles. The Balaban J connectivity index is 1.87. The van der Waals surface area contributed by atoms with Gasteiger partial charge in [-0.3, -0.25) is 4.90 Å². The van der Waals surface area contributed by atoms with Crippen LogP contribution in [0.15, 0.2) is 24.5 Å². The number of imidazole rings is 1. The summed E-state index contributed by atoms with van der Waals surface area (Å²) in [4.78, 5) is 6.69. The lowest BCUT2D eigenvalue weighted by atomic mass is 10.3. The molecule has 0 aliphatic carbocycles. The maximum atomic E-state index is 13.1. The van der Waals surface area contributed by atoms with Crippen molar-refractivity contribution >= 4 is 11.0 Å². The first kappa shape index (κ1) is 11.5. The molecule has 0 bridgehead atoms. The number of halogens is 1. The Labute approximate surface area is 106 Å². The van der Waals surface area contributed by atoms with Crippen LogP contribution in [0, 0.1) is 5.82 Å². The average Bonchev–Trinajstić information content (AvgIpc) is 2.81. The van der Waals surface area contributed by atoms with Crippen molar-refractivity contribution < 1.29 is 4.39 Å². The van der Waals surface area contributed by atoms with Crippen LogP contribution in [0.25, 0.3) is 11.0 Å². The van der Waals surface area contributed by atoms with Crippen molar-refractivity contribution in [3.63, 3.8) is 0 Å². The number of aromatic nitrogens is 2. The molecule has 1 aromatic heterocycles. The van der Waals surface area contributed by atoms with Gasteiger partial charge in [0.05, 0.1) is 11.0 Å². The lowest BCUT2D eigenvalue weighted by Crippen LogP contribution is -2.50. The molecule has 0 unspecified atom stereocenters. The van der Waals surface area contributed by atoms with Crippen molar-refractivity contribution in [1.82, 2.24) is 14.6 Å². The zero-order valence-corrected chi connectivity index (χ0v) is 10.5. The van der Waals surface area contributed by atoms with Crippen LogP contribution in [0.3, 0.4) is 0 Å². The molecule has 3 rings (SSSR count). The molecule has 18 heavy (non-hydrogen) atoms. The highest BCUT2D eigenvalue weighted by Crippen LogP contribution is 2.15. The summed E-state index contributed by atoms with van der Waals surface area (Å²) < 4.78 is 15.2. The van der Waals surface area contributed by atoms with Gasteiger partial charge in [-0.15, -0.1) is 0 Å². The van der Waals surface area contributed by atoms with Gasteiger partial charge >= 0.3 is 0 Å². The molecule has 1 aromatic carbocycles. The summed E-state index contributed by atoms with van der Waals surface area (Å²) in [6.45, 7) is 7.39. The minimum atomic E-state index is -0.233. The van der Waals surface area contributed by atoms with Gasteiger partial charge in [-0.2, -0.15) is 0 Å². The molecule has 0 radical (unpaired) electrons. The van der Waals surface area contributed by atoms with E-state index in [-0.39, 0.29) is 5.82 Å². The third-order valence-corrected chi connectivity index (χ3v) is 3.59. The zero-order valence-electron chi connectivity index (χ0n) is 10.5. The summed E-state index contributed by atoms with van der Waals surface area (Å²) in [6, 6.07) is 4.76. The first-order valence-corrected chi connectivity index (χ1v) is 6.38. The fraction of sp³-hybridized carbons (Fsp3) is 0.462. The highest BCUT2D eigenvalue weighted by Gasteiger charge is 2.17. The van der Waals surface area contributed by atoms with Crippen molar-refractivity contribution in [3.05, 3.63) is 30.3 Å². The number of rotatable bonds is 2. The molecular formula is C13H17FN4. The molecule has 0 saturated carbocycles. The molecular weight excluding hydrogens is 231 g/mol. The summed E-state index contributed by atoms with van der Waals surface area (Å²) >= 11 is 0. The first-order chi connectivity index (χ1) is 8.78. The summed E-state index contributed by atoms with van der Waals surface area (Å²) in [5.41, 5.74) is 1.69. The Morgan fingerprint density at radius 3 is 2.72 bits per heavy atom. The Bertz CT molecular complexity index is 543. The summed E-state index contributed by atoms with van der Waals surface area (Å²) in [5, 5.41) is 2.26. The van der Waals surface area contributed by atoms with Crippen LogP contribution in [0.1, 0.15) is 6.92 Å². The fourth-order valence-corrected chi connectivity index (χ4v) is 2.47. The highest BCUT2D eigenvalue weighted by molar-refractivity contribution is 5.75. The van der Waals surface area contributed by atoms with Crippen LogP contribution in [0.4, 0.5) is 4.39 Å². The molecule has 0 N–H and O–H groups in total. The molecule has 4 nitrogen and oxygen atoms in total. The van der Waals surface area contributed by atoms with Crippen LogP contribution >= 0.6 is 0 Å². The average molecular weight is 248 g/mol. The predicted molar refractivity (Wildman–Crippen MR) is 69.8 cm³/mol. The molecule has 1 aliphatic heterocycles. The summed E-state index contributed by atoms with van der Waals surface area (Å²) in [5.74, 6) is -0.233. The normalized spacial score (nSPS) is 17.6. The lowest BCUT2D eigenvalue weighted by molar-refractivity contribution is 0.253. The molecule has 1 aliphatic rings. The van der Waals surface area contributed by atoms with Crippen LogP contribution in [-0.2, 0) is 0 Å². The third-order valence-electron chi connectivity index (χ3n) is 3.59. The Hall–Kier alpha value is -1.62. The van der Waals surface area contributed by atoms with E-state index < -0.39 is 0 Å². The summed E-state index contributed by atoms with van der Waals surface area (Å²) in [6.07, 6.45) is 1.78. The Morgan fingerprint density at radius 1 is 1.22 bits per heavy atom. The number of likely N-dealkylation sites (N-methyl/N-ethyl adjacent to an activating group) is 1. The predicted octanol–water partition coefficient (Wildman–Crippen LogP) is 1.45. The van der Waals surface area contributed by atoms with Crippen LogP contribution in [0.5, 0.6) is 0 Å². The number of nitrogens with zero attached hydrogens (tertiary/aromatic N) is 4. The Kier molecular flexibility index (Phi) is 2.91. The van der Waals surface area contributed by atoms with Gasteiger partial charge in [0.1, 0.15) is 12.1 Å². The van der Waals surface area contributed by atoms with Gasteiger partial charge in [-0.25, -0.2) is 14.1 Å². The second-order valence-corrected chi connectivity index (χ2v) is 4.61. The molecule has 0 spiro atoms. The van der Waals surface area contributed by atoms with Gasteiger partial charge < -0.3 is 5.01 Å². The van der Waals surface area contributed by atoms with Gasteiger partial charge in [0.2, 0.25) is 0 Å². The van der Waals surface area contributed by atoms with Gasteiger partial charge in [0, 0.05) is 32.2 Å². The molecule has 5 heteroatoms. The van der Waals surface area contributed by atoms with Crippen molar-refractivity contribution in [1.29, 1.82) is 0 Å². The van der Waals surface area contributed by atoms with E-state index in [0.717, 1.165) is 38.2 Å². The van der Waals surface area contributed by atoms with Crippen molar-refractivity contribution in [2.45, 2.75) is 6.92 Å². The minimum absolute atomic E-state index is 0.233. The molecule has 2 aromatic rings. The van der Waals surface area contributed by atoms with Crippen LogP contribution in [-0.4, -0.2) is 47.3 Å². The van der Waals surface area contributed by atoms with E-state index in [2.05, 4.69) is 21.8 Å². The minimum Gasteiger partial charge on any atom is -0.309 e. The highest BCUT2D eigenvalue weighted by atomic mass is 19.1. The molecule has 0 atom stereocenters. The molecule has 1 fully saturated rings. The number of benzene rings is 1. The van der Waals surface area contributed by atoms with E-state index in [0.29, 0.717) is 5.52 Å². The van der Waals surface area contributed by atoms with E-state index in [4.69, 9.17) is 0 Å². The quantitative estimate of drug-likeness (QED) is 0.804. The fourth-order valence-electron chi connectivity index (χ4n) is 2.47. The first-order valence-electron chi connectivity index (χ1n) is 6.38. The van der Waals surface area contributed by atoms with E-state index >= 15 is 0 Å². The third kappa shape index (κ3) is 1.95. The maximum absolute atomic E-state index is 13.1. The van der Waals surface area contributed by atoms with E-state index in [1.807, 2.05) is 4.68 Å². The second kappa shape index (κ2) is 4.57. The standard InChI is InChI=1S/C13H17FN4/c1-2-16-5-7-17(8-6-16)18-10-15-12-9-11(14)3-4-13(12)18/h3-4,9-10H,2,5-8H2,1H3. The Morgan fingerprint density at radius 2 is 2.00 bits per heavy atom. The van der Waals surface area contributed by atoms with E-state index in [1.165, 1.54) is 12.1 Å². The van der Waals surface area contributed by atoms with Crippen LogP contribution < -0.4 is 5.01 Å². The van der Waals surface area contributed by atoms with E-state index in [9.17, 15) is 4.39 Å². The van der Waals surface area contributed by atoms with Crippen molar-refractivity contribution in [2.75, 3.05) is 37.7 Å². The molecule has 0 amide bonds. The number of hydrogen-bond acceptors (Lipinski definition) is 3. The largest absolute Gasteiger partial charge is 0.309 e. The monoisotopic (exact) mass is 248 g/mol. The maximum Gasteiger partial charge on any atom is 0.125 e.